The molecule has 1 aromatic heterocycles. The second-order valence-electron chi connectivity index (χ2n) is 3.21. The van der Waals surface area contributed by atoms with E-state index in [1.165, 1.54) is 0 Å². The van der Waals surface area contributed by atoms with E-state index >= 15 is 0 Å². The second kappa shape index (κ2) is 3.20. The molecule has 0 aliphatic carbocycles. The van der Waals surface area contributed by atoms with Gasteiger partial charge in [0.25, 0.3) is 0 Å². The molecule has 85 valence electrons. The van der Waals surface area contributed by atoms with Crippen molar-refractivity contribution in [1.29, 1.82) is 0 Å². The molecule has 2 aromatic rings. The lowest BCUT2D eigenvalue weighted by atomic mass is 10.1. The Morgan fingerprint density at radius 2 is 1.75 bits per heavy atom. The van der Waals surface area contributed by atoms with E-state index in [2.05, 4.69) is 10.7 Å². The Morgan fingerprint density at radius 3 is 2.38 bits per heavy atom. The maximum atomic E-state index is 12.9. The van der Waals surface area contributed by atoms with Gasteiger partial charge < -0.3 is 4.42 Å². The van der Waals surface area contributed by atoms with Crippen molar-refractivity contribution in [3.8, 4) is 0 Å². The topological polar surface area (TPSA) is 13.1 Å². The van der Waals surface area contributed by atoms with Crippen molar-refractivity contribution in [2.24, 2.45) is 0 Å². The normalized spacial score (nSPS) is 13.3. The molecule has 0 unspecified atom stereocenters. The molecular formula is C10H4F5O. The predicted octanol–water partition coefficient (Wildman–Crippen LogP) is 3.89. The molecule has 6 heteroatoms. The van der Waals surface area contributed by atoms with E-state index in [1.807, 2.05) is 0 Å². The monoisotopic (exact) mass is 235 g/mol. The Kier molecular flexibility index (Phi) is 2.18. The van der Waals surface area contributed by atoms with Crippen molar-refractivity contribution < 1.29 is 26.4 Å². The maximum Gasteiger partial charge on any atom is 0.458 e. The predicted molar refractivity (Wildman–Crippen MR) is 45.0 cm³/mol. The third-order valence-electron chi connectivity index (χ3n) is 2.12. The van der Waals surface area contributed by atoms with Crippen LogP contribution in [0.5, 0.6) is 0 Å². The lowest BCUT2D eigenvalue weighted by Crippen LogP contribution is -2.33. The first kappa shape index (κ1) is 10.9. The molecule has 0 N–H and O–H groups in total. The molecule has 2 rings (SSSR count). The molecule has 0 saturated heterocycles. The zero-order chi connectivity index (χ0) is 12.0. The van der Waals surface area contributed by atoms with Crippen LogP contribution in [0, 0.1) is 6.26 Å². The summed E-state index contributed by atoms with van der Waals surface area (Å²) in [6.45, 7) is 0. The third kappa shape index (κ3) is 1.54. The average Bonchev–Trinajstić information content (AvgIpc) is 2.61. The second-order valence-corrected chi connectivity index (χ2v) is 3.21. The van der Waals surface area contributed by atoms with E-state index in [-0.39, 0.29) is 5.39 Å². The summed E-state index contributed by atoms with van der Waals surface area (Å²) < 4.78 is 66.6. The Hall–Kier alpha value is -1.59. The van der Waals surface area contributed by atoms with Gasteiger partial charge in [0.2, 0.25) is 0 Å². The lowest BCUT2D eigenvalue weighted by Gasteiger charge is -2.19. The molecule has 0 atom stereocenters. The third-order valence-corrected chi connectivity index (χ3v) is 2.12. The Bertz CT molecular complexity index is 511. The summed E-state index contributed by atoms with van der Waals surface area (Å²) in [5.41, 5.74) is -1.11. The number of benzene rings is 1. The molecular weight excluding hydrogens is 231 g/mol. The van der Waals surface area contributed by atoms with Gasteiger partial charge >= 0.3 is 12.1 Å². The van der Waals surface area contributed by atoms with Gasteiger partial charge in [-0.3, -0.25) is 0 Å². The highest BCUT2D eigenvalue weighted by atomic mass is 19.4. The van der Waals surface area contributed by atoms with Crippen LogP contribution >= 0.6 is 0 Å². The maximum absolute atomic E-state index is 12.9. The number of rotatable bonds is 1. The molecule has 0 spiro atoms. The number of furan rings is 1. The highest BCUT2D eigenvalue weighted by molar-refractivity contribution is 5.81. The van der Waals surface area contributed by atoms with Gasteiger partial charge in [-0.05, 0) is 12.1 Å². The van der Waals surface area contributed by atoms with Gasteiger partial charge in [0.1, 0.15) is 0 Å². The fourth-order valence-electron chi connectivity index (χ4n) is 1.27. The molecule has 0 fully saturated rings. The van der Waals surface area contributed by atoms with E-state index in [4.69, 9.17) is 0 Å². The molecule has 0 amide bonds. The number of halogens is 5. The van der Waals surface area contributed by atoms with Gasteiger partial charge in [-0.1, -0.05) is 6.07 Å². The number of fused-ring (bicyclic) bond motifs is 1. The van der Waals surface area contributed by atoms with Crippen LogP contribution in [0.25, 0.3) is 10.8 Å². The Labute approximate surface area is 86.5 Å². The molecule has 1 heterocycles. The minimum atomic E-state index is -5.60. The largest absolute Gasteiger partial charge is 0.460 e. The van der Waals surface area contributed by atoms with E-state index < -0.39 is 17.7 Å². The zero-order valence-corrected chi connectivity index (χ0v) is 7.61. The summed E-state index contributed by atoms with van der Waals surface area (Å²) in [5, 5.41) is 0.503. The van der Waals surface area contributed by atoms with Crippen molar-refractivity contribution >= 4 is 10.8 Å². The van der Waals surface area contributed by atoms with E-state index in [1.54, 1.807) is 0 Å². The van der Waals surface area contributed by atoms with Gasteiger partial charge in [-0.15, -0.1) is 0 Å². The van der Waals surface area contributed by atoms with Crippen LogP contribution < -0.4 is 0 Å². The van der Waals surface area contributed by atoms with Crippen molar-refractivity contribution in [2.75, 3.05) is 0 Å². The van der Waals surface area contributed by atoms with Crippen molar-refractivity contribution in [3.05, 3.63) is 36.3 Å². The molecule has 1 radical (unpaired) electrons. The Balaban J connectivity index is 2.54. The highest BCUT2D eigenvalue weighted by Gasteiger charge is 2.58. The first-order chi connectivity index (χ1) is 7.32. The fourth-order valence-corrected chi connectivity index (χ4v) is 1.27. The van der Waals surface area contributed by atoms with E-state index in [0.717, 1.165) is 18.4 Å². The van der Waals surface area contributed by atoms with Gasteiger partial charge in [-0.2, -0.15) is 22.0 Å². The minimum Gasteiger partial charge on any atom is -0.460 e. The molecule has 1 nitrogen and oxygen atoms in total. The van der Waals surface area contributed by atoms with Crippen LogP contribution in [-0.4, -0.2) is 6.18 Å². The summed E-state index contributed by atoms with van der Waals surface area (Å²) in [4.78, 5) is 0. The van der Waals surface area contributed by atoms with Crippen molar-refractivity contribution in [2.45, 2.75) is 12.1 Å². The zero-order valence-electron chi connectivity index (χ0n) is 7.61. The Morgan fingerprint density at radius 1 is 1.06 bits per heavy atom. The van der Waals surface area contributed by atoms with Crippen LogP contribution in [0.1, 0.15) is 5.56 Å². The van der Waals surface area contributed by atoms with Gasteiger partial charge in [0.15, 0.2) is 6.26 Å². The van der Waals surface area contributed by atoms with Crippen LogP contribution in [0.15, 0.2) is 28.9 Å². The first-order valence-corrected chi connectivity index (χ1v) is 4.16. The lowest BCUT2D eigenvalue weighted by molar-refractivity contribution is -0.289. The summed E-state index contributed by atoms with van der Waals surface area (Å²) in [6, 6.07) is 2.55. The average molecular weight is 235 g/mol. The van der Waals surface area contributed by atoms with Crippen molar-refractivity contribution in [3.63, 3.8) is 0 Å². The van der Waals surface area contributed by atoms with Gasteiger partial charge in [0, 0.05) is 16.3 Å². The molecule has 0 aliphatic heterocycles. The fraction of sp³-hybridized carbons (Fsp3) is 0.200. The number of alkyl halides is 5. The van der Waals surface area contributed by atoms with Crippen LogP contribution in [0.3, 0.4) is 0 Å². The number of hydrogen-bond donors (Lipinski definition) is 0. The summed E-state index contributed by atoms with van der Waals surface area (Å²) in [6.07, 6.45) is -2.21. The van der Waals surface area contributed by atoms with Crippen molar-refractivity contribution in [1.82, 2.24) is 0 Å². The minimum absolute atomic E-state index is 0.154. The van der Waals surface area contributed by atoms with Crippen LogP contribution in [0.2, 0.25) is 0 Å². The van der Waals surface area contributed by atoms with Crippen LogP contribution in [-0.2, 0) is 5.92 Å². The molecule has 16 heavy (non-hydrogen) atoms. The van der Waals surface area contributed by atoms with E-state index in [9.17, 15) is 22.0 Å². The van der Waals surface area contributed by atoms with E-state index in [0.29, 0.717) is 11.5 Å². The molecule has 1 aromatic carbocycles. The smallest absolute Gasteiger partial charge is 0.458 e. The summed E-state index contributed by atoms with van der Waals surface area (Å²) >= 11 is 0. The van der Waals surface area contributed by atoms with Gasteiger partial charge in [-0.25, -0.2) is 0 Å². The SMILES string of the molecule is FC(F)(F)C(F)(F)c1ccc2[c]occ2c1. The molecule has 0 saturated carbocycles. The molecule has 0 aliphatic rings. The summed E-state index contributed by atoms with van der Waals surface area (Å²) in [5.74, 6) is -4.86. The number of hydrogen-bond acceptors (Lipinski definition) is 1. The quantitative estimate of drug-likeness (QED) is 0.683. The highest BCUT2D eigenvalue weighted by Crippen LogP contribution is 2.44. The summed E-state index contributed by atoms with van der Waals surface area (Å²) in [7, 11) is 0. The van der Waals surface area contributed by atoms with Crippen LogP contribution in [0.4, 0.5) is 22.0 Å². The molecule has 0 bridgehead atoms. The standard InChI is InChI=1S/C10H4F5O/c11-9(12,10(13,14)15)8-2-1-6-4-16-5-7(6)3-8/h1-3,5H. The first-order valence-electron chi connectivity index (χ1n) is 4.16. The van der Waals surface area contributed by atoms with Gasteiger partial charge in [0.05, 0.1) is 6.26 Å².